The summed E-state index contributed by atoms with van der Waals surface area (Å²) in [6, 6.07) is 15.6. The third-order valence-corrected chi connectivity index (χ3v) is 4.64. The normalized spacial score (nSPS) is 10.9. The Morgan fingerprint density at radius 3 is 2.61 bits per heavy atom. The fourth-order valence-electron chi connectivity index (χ4n) is 3.36. The topological polar surface area (TPSA) is 79.8 Å². The van der Waals surface area contributed by atoms with Crippen LogP contribution in [0.2, 0.25) is 0 Å². The van der Waals surface area contributed by atoms with E-state index in [1.807, 2.05) is 30.5 Å². The molecule has 0 aliphatic rings. The number of fused-ring (bicyclic) bond motifs is 1. The number of imide groups is 1. The number of para-hydroxylation sites is 1. The van der Waals surface area contributed by atoms with Crippen molar-refractivity contribution in [2.45, 2.75) is 19.9 Å². The van der Waals surface area contributed by atoms with Crippen molar-refractivity contribution < 1.29 is 9.59 Å². The zero-order chi connectivity index (χ0) is 19.5. The number of nitrogens with zero attached hydrogens (tertiary/aromatic N) is 2. The molecule has 2 aromatic carbocycles. The zero-order valence-electron chi connectivity index (χ0n) is 15.5. The smallest absolute Gasteiger partial charge is 0.257 e. The summed E-state index contributed by atoms with van der Waals surface area (Å²) in [5, 5.41) is 3.49. The number of H-pyrrole nitrogens is 1. The molecule has 6 nitrogen and oxygen atoms in total. The Morgan fingerprint density at radius 2 is 1.89 bits per heavy atom. The van der Waals surface area contributed by atoms with Crippen LogP contribution in [0.3, 0.4) is 0 Å². The van der Waals surface area contributed by atoms with Crippen LogP contribution in [0.25, 0.3) is 10.9 Å². The van der Waals surface area contributed by atoms with Crippen LogP contribution >= 0.6 is 0 Å². The van der Waals surface area contributed by atoms with Gasteiger partial charge in [0.1, 0.15) is 5.82 Å². The summed E-state index contributed by atoms with van der Waals surface area (Å²) in [4.78, 5) is 30.4. The van der Waals surface area contributed by atoms with Gasteiger partial charge in [-0.3, -0.25) is 14.9 Å². The van der Waals surface area contributed by atoms with E-state index >= 15 is 0 Å². The second-order valence-electron chi connectivity index (χ2n) is 6.72. The van der Waals surface area contributed by atoms with Crippen molar-refractivity contribution in [1.82, 2.24) is 19.9 Å². The molecule has 2 aromatic heterocycles. The molecule has 2 amide bonds. The van der Waals surface area contributed by atoms with Crippen molar-refractivity contribution in [3.05, 3.63) is 89.6 Å². The van der Waals surface area contributed by atoms with Gasteiger partial charge in [-0.1, -0.05) is 30.3 Å². The van der Waals surface area contributed by atoms with Gasteiger partial charge in [-0.2, -0.15) is 0 Å². The maximum atomic E-state index is 11.9. The van der Waals surface area contributed by atoms with E-state index in [1.54, 1.807) is 18.3 Å². The van der Waals surface area contributed by atoms with E-state index in [0.29, 0.717) is 12.1 Å². The van der Waals surface area contributed by atoms with Crippen LogP contribution < -0.4 is 5.32 Å². The molecule has 0 spiro atoms. The first kappa shape index (κ1) is 17.7. The van der Waals surface area contributed by atoms with Gasteiger partial charge in [0.2, 0.25) is 5.91 Å². The Bertz CT molecular complexity index is 1130. The Balaban J connectivity index is 1.59. The molecule has 0 aliphatic carbocycles. The lowest BCUT2D eigenvalue weighted by atomic mass is 10.1. The molecular weight excluding hydrogens is 352 g/mol. The van der Waals surface area contributed by atoms with Gasteiger partial charge >= 0.3 is 0 Å². The second-order valence-corrected chi connectivity index (χ2v) is 6.72. The molecule has 0 atom stereocenters. The summed E-state index contributed by atoms with van der Waals surface area (Å²) in [5.74, 6) is 0.187. The Labute approximate surface area is 162 Å². The molecule has 28 heavy (non-hydrogen) atoms. The Kier molecular flexibility index (Phi) is 4.76. The Morgan fingerprint density at radius 1 is 1.11 bits per heavy atom. The number of hydrogen-bond donors (Lipinski definition) is 2. The van der Waals surface area contributed by atoms with Crippen molar-refractivity contribution in [2.75, 3.05) is 0 Å². The molecule has 0 radical (unpaired) electrons. The highest BCUT2D eigenvalue weighted by Gasteiger charge is 2.11. The number of benzene rings is 2. The number of amides is 2. The monoisotopic (exact) mass is 372 g/mol. The number of carbonyl (C=O) groups is 2. The van der Waals surface area contributed by atoms with Gasteiger partial charge in [-0.25, -0.2) is 4.98 Å². The average Bonchev–Trinajstić information content (AvgIpc) is 3.31. The van der Waals surface area contributed by atoms with Gasteiger partial charge in [0.05, 0.1) is 0 Å². The molecule has 0 saturated heterocycles. The van der Waals surface area contributed by atoms with Crippen LogP contribution in [0.5, 0.6) is 0 Å². The first-order valence-electron chi connectivity index (χ1n) is 9.06. The van der Waals surface area contributed by atoms with Crippen molar-refractivity contribution >= 4 is 22.7 Å². The quantitative estimate of drug-likeness (QED) is 0.564. The second kappa shape index (κ2) is 7.52. The van der Waals surface area contributed by atoms with Gasteiger partial charge < -0.3 is 9.55 Å². The predicted molar refractivity (Wildman–Crippen MR) is 107 cm³/mol. The molecule has 6 heteroatoms. The number of imidazole rings is 1. The minimum absolute atomic E-state index is 0.364. The third kappa shape index (κ3) is 3.71. The summed E-state index contributed by atoms with van der Waals surface area (Å²) in [7, 11) is 0. The molecule has 0 aliphatic heterocycles. The number of carbonyl (C=O) groups excluding carboxylic acids is 2. The maximum Gasteiger partial charge on any atom is 0.257 e. The van der Waals surface area contributed by atoms with Crippen molar-refractivity contribution in [3.63, 3.8) is 0 Å². The molecule has 4 rings (SSSR count). The molecule has 140 valence electrons. The molecule has 4 aromatic rings. The van der Waals surface area contributed by atoms with Crippen molar-refractivity contribution in [3.8, 4) is 0 Å². The van der Waals surface area contributed by atoms with E-state index in [0.717, 1.165) is 23.3 Å². The lowest BCUT2D eigenvalue weighted by Gasteiger charge is -2.07. The average molecular weight is 372 g/mol. The highest BCUT2D eigenvalue weighted by Crippen LogP contribution is 2.24. The molecule has 0 bridgehead atoms. The van der Waals surface area contributed by atoms with Crippen molar-refractivity contribution in [1.29, 1.82) is 0 Å². The largest absolute Gasteiger partial charge is 0.348 e. The van der Waals surface area contributed by atoms with E-state index in [9.17, 15) is 9.59 Å². The molecule has 0 unspecified atom stereocenters. The summed E-state index contributed by atoms with van der Waals surface area (Å²) in [5.41, 5.74) is 3.91. The Hall–Kier alpha value is -3.67. The van der Waals surface area contributed by atoms with Crippen LogP contribution in [-0.4, -0.2) is 26.3 Å². The number of aromatic amines is 1. The number of hydrogen-bond acceptors (Lipinski definition) is 3. The van der Waals surface area contributed by atoms with Gasteiger partial charge in [-0.15, -0.1) is 0 Å². The maximum absolute atomic E-state index is 11.9. The first-order chi connectivity index (χ1) is 13.6. The van der Waals surface area contributed by atoms with Gasteiger partial charge in [-0.05, 0) is 29.3 Å². The third-order valence-electron chi connectivity index (χ3n) is 4.64. The number of nitrogens with one attached hydrogen (secondary N) is 2. The van der Waals surface area contributed by atoms with Crippen LogP contribution in [-0.2, 0) is 17.8 Å². The molecule has 2 N–H and O–H groups in total. The van der Waals surface area contributed by atoms with Crippen LogP contribution in [0.15, 0.2) is 67.1 Å². The van der Waals surface area contributed by atoms with Gasteiger partial charge in [0.15, 0.2) is 0 Å². The van der Waals surface area contributed by atoms with Crippen molar-refractivity contribution in [2.24, 2.45) is 0 Å². The SMILES string of the molecule is CC(=O)NC(=O)c1ccc(Cn2cc(Cc3ncc[nH]3)c3ccccc32)cc1. The summed E-state index contributed by atoms with van der Waals surface area (Å²) < 4.78 is 2.21. The summed E-state index contributed by atoms with van der Waals surface area (Å²) in [6.45, 7) is 2.01. The minimum atomic E-state index is -0.383. The highest BCUT2D eigenvalue weighted by molar-refractivity contribution is 6.04. The van der Waals surface area contributed by atoms with Crippen LogP contribution in [0.4, 0.5) is 0 Å². The number of rotatable bonds is 5. The van der Waals surface area contributed by atoms with Gasteiger partial charge in [0.25, 0.3) is 5.91 Å². The fourth-order valence-corrected chi connectivity index (χ4v) is 3.36. The molecule has 0 fully saturated rings. The van der Waals surface area contributed by atoms with E-state index in [4.69, 9.17) is 0 Å². The molecule has 2 heterocycles. The first-order valence-corrected chi connectivity index (χ1v) is 9.06. The fraction of sp³-hybridized carbons (Fsp3) is 0.136. The summed E-state index contributed by atoms with van der Waals surface area (Å²) >= 11 is 0. The minimum Gasteiger partial charge on any atom is -0.348 e. The molecular formula is C22H20N4O2. The zero-order valence-corrected chi connectivity index (χ0v) is 15.5. The summed E-state index contributed by atoms with van der Waals surface area (Å²) in [6.07, 6.45) is 6.49. The lowest BCUT2D eigenvalue weighted by molar-refractivity contribution is -0.118. The highest BCUT2D eigenvalue weighted by atomic mass is 16.2. The molecule has 0 saturated carbocycles. The van der Waals surface area contributed by atoms with Crippen LogP contribution in [0.1, 0.15) is 34.2 Å². The van der Waals surface area contributed by atoms with Crippen LogP contribution in [0, 0.1) is 0 Å². The van der Waals surface area contributed by atoms with Gasteiger partial charge in [0, 0.05) is 54.9 Å². The van der Waals surface area contributed by atoms with E-state index in [2.05, 4.69) is 38.2 Å². The van der Waals surface area contributed by atoms with E-state index in [1.165, 1.54) is 17.9 Å². The van der Waals surface area contributed by atoms with E-state index in [-0.39, 0.29) is 11.8 Å². The predicted octanol–water partition coefficient (Wildman–Crippen LogP) is 3.28. The number of aromatic nitrogens is 3. The standard InChI is InChI=1S/C22H20N4O2/c1-15(27)25-22(28)17-8-6-16(7-9-17)13-26-14-18(12-21-23-10-11-24-21)19-4-2-3-5-20(19)26/h2-11,14H,12-13H2,1H3,(H,23,24)(H,25,27,28). The van der Waals surface area contributed by atoms with E-state index < -0.39 is 0 Å². The lowest BCUT2D eigenvalue weighted by Crippen LogP contribution is -2.27.